The molecule has 3 aliphatic carbocycles. The first kappa shape index (κ1) is 9.86. The highest BCUT2D eigenvalue weighted by Gasteiger charge is 2.55. The largest absolute Gasteiger partial charge is 0.294 e. The highest BCUT2D eigenvalue weighted by molar-refractivity contribution is 6.01. The lowest BCUT2D eigenvalue weighted by Gasteiger charge is -1.93. The number of hydrogen-bond acceptors (Lipinski definition) is 1. The molecule has 3 fully saturated rings. The summed E-state index contributed by atoms with van der Waals surface area (Å²) in [5, 5.41) is 0. The third-order valence-corrected chi connectivity index (χ3v) is 4.41. The highest BCUT2D eigenvalue weighted by atomic mass is 14.8. The monoisotopic (exact) mass is 205 g/mol. The Hall–Kier alpha value is -0.330. The van der Waals surface area contributed by atoms with Gasteiger partial charge in [-0.3, -0.25) is 4.99 Å². The molecule has 0 heterocycles. The van der Waals surface area contributed by atoms with Crippen LogP contribution in [0.2, 0.25) is 0 Å². The Morgan fingerprint density at radius 1 is 1.20 bits per heavy atom. The molecule has 84 valence electrons. The Bertz CT molecular complexity index is 265. The van der Waals surface area contributed by atoms with Crippen LogP contribution < -0.4 is 0 Å². The quantitative estimate of drug-likeness (QED) is 0.586. The SMILES string of the molecule is CCCCC/N=C1\C[C@@H]1C1CC1C1CC1. The molecule has 1 heteroatoms. The normalized spacial score (nSPS) is 40.9. The van der Waals surface area contributed by atoms with Gasteiger partial charge in [0.25, 0.3) is 0 Å². The van der Waals surface area contributed by atoms with Crippen LogP contribution in [0.15, 0.2) is 4.99 Å². The van der Waals surface area contributed by atoms with Crippen LogP contribution in [0.1, 0.15) is 51.9 Å². The second kappa shape index (κ2) is 3.92. The first-order chi connectivity index (χ1) is 7.40. The van der Waals surface area contributed by atoms with Crippen LogP contribution in [-0.2, 0) is 0 Å². The van der Waals surface area contributed by atoms with Crippen LogP contribution in [0.3, 0.4) is 0 Å². The van der Waals surface area contributed by atoms with Gasteiger partial charge in [0, 0.05) is 18.2 Å². The molecular weight excluding hydrogens is 182 g/mol. The summed E-state index contributed by atoms with van der Waals surface area (Å²) in [5.74, 6) is 4.33. The van der Waals surface area contributed by atoms with E-state index in [0.717, 1.165) is 30.2 Å². The number of hydrogen-bond donors (Lipinski definition) is 0. The zero-order valence-corrected chi connectivity index (χ0v) is 9.91. The van der Waals surface area contributed by atoms with E-state index in [1.54, 1.807) is 12.1 Å². The maximum absolute atomic E-state index is 4.75. The van der Waals surface area contributed by atoms with Gasteiger partial charge in [-0.05, 0) is 49.9 Å². The van der Waals surface area contributed by atoms with Crippen molar-refractivity contribution in [2.45, 2.75) is 51.9 Å². The molecule has 1 nitrogen and oxygen atoms in total. The van der Waals surface area contributed by atoms with Gasteiger partial charge in [-0.25, -0.2) is 0 Å². The summed E-state index contributed by atoms with van der Waals surface area (Å²) in [4.78, 5) is 4.75. The predicted molar refractivity (Wildman–Crippen MR) is 64.3 cm³/mol. The molecule has 0 amide bonds. The number of rotatable bonds is 6. The summed E-state index contributed by atoms with van der Waals surface area (Å²) in [6.07, 6.45) is 9.97. The second-order valence-corrected chi connectivity index (χ2v) is 5.79. The van der Waals surface area contributed by atoms with Gasteiger partial charge in [0.1, 0.15) is 0 Å². The smallest absolute Gasteiger partial charge is 0.0388 e. The molecule has 3 rings (SSSR count). The maximum atomic E-state index is 4.75. The van der Waals surface area contributed by atoms with Gasteiger partial charge in [-0.1, -0.05) is 19.8 Å². The van der Waals surface area contributed by atoms with E-state index in [1.807, 2.05) is 0 Å². The zero-order chi connectivity index (χ0) is 10.3. The lowest BCUT2D eigenvalue weighted by atomic mass is 10.1. The molecule has 0 radical (unpaired) electrons. The topological polar surface area (TPSA) is 12.4 Å². The summed E-state index contributed by atoms with van der Waals surface area (Å²) >= 11 is 0. The molecule has 0 saturated heterocycles. The number of unbranched alkanes of at least 4 members (excludes halogenated alkanes) is 2. The Morgan fingerprint density at radius 3 is 2.80 bits per heavy atom. The van der Waals surface area contributed by atoms with Gasteiger partial charge in [0.2, 0.25) is 0 Å². The van der Waals surface area contributed by atoms with Crippen LogP contribution in [0.5, 0.6) is 0 Å². The molecule has 3 saturated carbocycles. The van der Waals surface area contributed by atoms with Crippen LogP contribution in [0, 0.1) is 23.7 Å². The fourth-order valence-electron chi connectivity index (χ4n) is 3.10. The van der Waals surface area contributed by atoms with Crippen molar-refractivity contribution in [1.82, 2.24) is 0 Å². The average Bonchev–Trinajstić information content (AvgIpc) is 3.11. The summed E-state index contributed by atoms with van der Waals surface area (Å²) in [7, 11) is 0. The minimum Gasteiger partial charge on any atom is -0.294 e. The van der Waals surface area contributed by atoms with Crippen molar-refractivity contribution in [1.29, 1.82) is 0 Å². The minimum atomic E-state index is 0.956. The molecule has 15 heavy (non-hydrogen) atoms. The Labute approximate surface area is 93.4 Å². The minimum absolute atomic E-state index is 0.956. The number of nitrogens with zero attached hydrogens (tertiary/aromatic N) is 1. The molecule has 2 unspecified atom stereocenters. The van der Waals surface area contributed by atoms with Crippen molar-refractivity contribution in [3.8, 4) is 0 Å². The van der Waals surface area contributed by atoms with Crippen molar-refractivity contribution in [2.75, 3.05) is 6.54 Å². The lowest BCUT2D eigenvalue weighted by molar-refractivity contribution is 0.596. The summed E-state index contributed by atoms with van der Waals surface area (Å²) in [6, 6.07) is 0. The van der Waals surface area contributed by atoms with Gasteiger partial charge >= 0.3 is 0 Å². The maximum Gasteiger partial charge on any atom is 0.0388 e. The fourth-order valence-corrected chi connectivity index (χ4v) is 3.10. The summed E-state index contributed by atoms with van der Waals surface area (Å²) in [5.41, 5.74) is 1.58. The zero-order valence-electron chi connectivity index (χ0n) is 9.91. The van der Waals surface area contributed by atoms with Crippen LogP contribution >= 0.6 is 0 Å². The standard InChI is InChI=1S/C14H23N/c1-2-3-4-7-15-14-9-13(14)12-8-11(12)10-5-6-10/h10-13H,2-9H2,1H3/b15-14+/t11?,12?,13-/m1/s1. The van der Waals surface area contributed by atoms with E-state index in [4.69, 9.17) is 4.99 Å². The molecule has 0 aromatic rings. The van der Waals surface area contributed by atoms with Crippen molar-refractivity contribution in [2.24, 2.45) is 28.7 Å². The van der Waals surface area contributed by atoms with E-state index in [-0.39, 0.29) is 0 Å². The van der Waals surface area contributed by atoms with E-state index in [0.29, 0.717) is 0 Å². The Kier molecular flexibility index (Phi) is 2.58. The Balaban J connectivity index is 1.37. The van der Waals surface area contributed by atoms with E-state index >= 15 is 0 Å². The van der Waals surface area contributed by atoms with Gasteiger partial charge in [0.05, 0.1) is 0 Å². The molecule has 0 aromatic carbocycles. The van der Waals surface area contributed by atoms with Gasteiger partial charge in [-0.15, -0.1) is 0 Å². The predicted octanol–water partition coefficient (Wildman–Crippen LogP) is 3.68. The van der Waals surface area contributed by atoms with E-state index in [9.17, 15) is 0 Å². The lowest BCUT2D eigenvalue weighted by Crippen LogP contribution is -1.90. The van der Waals surface area contributed by atoms with Crippen molar-refractivity contribution in [3.63, 3.8) is 0 Å². The second-order valence-electron chi connectivity index (χ2n) is 5.79. The fraction of sp³-hybridized carbons (Fsp3) is 0.929. The molecule has 3 atom stereocenters. The van der Waals surface area contributed by atoms with E-state index in [2.05, 4.69) is 6.92 Å². The van der Waals surface area contributed by atoms with Gasteiger partial charge in [0.15, 0.2) is 0 Å². The van der Waals surface area contributed by atoms with Crippen molar-refractivity contribution in [3.05, 3.63) is 0 Å². The first-order valence-electron chi connectivity index (χ1n) is 6.93. The molecule has 0 aromatic heterocycles. The van der Waals surface area contributed by atoms with E-state index < -0.39 is 0 Å². The average molecular weight is 205 g/mol. The molecular formula is C14H23N. The third kappa shape index (κ3) is 2.26. The van der Waals surface area contributed by atoms with Crippen LogP contribution in [0.4, 0.5) is 0 Å². The highest BCUT2D eigenvalue weighted by Crippen LogP contribution is 2.61. The molecule has 0 N–H and O–H groups in total. The summed E-state index contributed by atoms with van der Waals surface area (Å²) in [6.45, 7) is 3.37. The van der Waals surface area contributed by atoms with E-state index in [1.165, 1.54) is 38.5 Å². The Morgan fingerprint density at radius 2 is 2.07 bits per heavy atom. The molecule has 0 spiro atoms. The van der Waals surface area contributed by atoms with Gasteiger partial charge < -0.3 is 0 Å². The van der Waals surface area contributed by atoms with Crippen LogP contribution in [-0.4, -0.2) is 12.3 Å². The molecule has 3 aliphatic rings. The summed E-state index contributed by atoms with van der Waals surface area (Å²) < 4.78 is 0. The number of aliphatic imine (C=N–C) groups is 1. The third-order valence-electron chi connectivity index (χ3n) is 4.41. The van der Waals surface area contributed by atoms with Gasteiger partial charge in [-0.2, -0.15) is 0 Å². The van der Waals surface area contributed by atoms with Crippen molar-refractivity contribution < 1.29 is 0 Å². The molecule has 0 bridgehead atoms. The van der Waals surface area contributed by atoms with Crippen molar-refractivity contribution >= 4 is 5.71 Å². The first-order valence-corrected chi connectivity index (χ1v) is 6.93. The van der Waals surface area contributed by atoms with Crippen LogP contribution in [0.25, 0.3) is 0 Å². The molecule has 0 aliphatic heterocycles.